The third-order valence-corrected chi connectivity index (χ3v) is 4.08. The molecule has 2 aromatic heterocycles. The van der Waals surface area contributed by atoms with Gasteiger partial charge in [-0.3, -0.25) is 14.6 Å². The van der Waals surface area contributed by atoms with Gasteiger partial charge in [-0.05, 0) is 51.4 Å². The lowest BCUT2D eigenvalue weighted by Gasteiger charge is -2.24. The molecule has 4 nitrogen and oxygen atoms in total. The second-order valence-electron chi connectivity index (χ2n) is 5.70. The second-order valence-corrected chi connectivity index (χ2v) is 5.70. The van der Waals surface area contributed by atoms with Crippen LogP contribution in [0.4, 0.5) is 0 Å². The number of likely N-dealkylation sites (tertiary alicyclic amines) is 1. The van der Waals surface area contributed by atoms with Crippen molar-refractivity contribution in [1.29, 1.82) is 0 Å². The van der Waals surface area contributed by atoms with Gasteiger partial charge in [0.15, 0.2) is 0 Å². The third-order valence-electron chi connectivity index (χ3n) is 4.08. The van der Waals surface area contributed by atoms with E-state index in [0.717, 1.165) is 24.5 Å². The number of aryl methyl sites for hydroxylation is 2. The van der Waals surface area contributed by atoms with Crippen molar-refractivity contribution in [2.24, 2.45) is 0 Å². The highest BCUT2D eigenvalue weighted by Crippen LogP contribution is 2.21. The number of rotatable bonds is 4. The molecule has 0 bridgehead atoms. The zero-order valence-electron chi connectivity index (χ0n) is 12.3. The molecule has 3 heterocycles. The molecule has 106 valence electrons. The van der Waals surface area contributed by atoms with E-state index in [1.807, 2.05) is 12.3 Å². The minimum Gasteiger partial charge on any atom is -0.293 e. The van der Waals surface area contributed by atoms with E-state index >= 15 is 0 Å². The Labute approximate surface area is 120 Å². The van der Waals surface area contributed by atoms with Crippen LogP contribution in [0.5, 0.6) is 0 Å². The monoisotopic (exact) mass is 270 g/mol. The van der Waals surface area contributed by atoms with Crippen LogP contribution in [0, 0.1) is 13.8 Å². The van der Waals surface area contributed by atoms with E-state index in [1.165, 1.54) is 25.1 Å². The standard InChI is InChI=1S/C16H22N4/c1-13-10-14(2)20(18-13)12-16-7-5-9-19(16)11-15-6-3-4-8-17-15/h3-4,6,8,10,16H,5,7,9,11-12H2,1-2H3/t16-/m1/s1. The molecule has 1 aliphatic heterocycles. The van der Waals surface area contributed by atoms with Gasteiger partial charge >= 0.3 is 0 Å². The largest absolute Gasteiger partial charge is 0.293 e. The lowest BCUT2D eigenvalue weighted by atomic mass is 10.2. The molecule has 1 saturated heterocycles. The maximum Gasteiger partial charge on any atom is 0.0596 e. The Hall–Kier alpha value is -1.68. The van der Waals surface area contributed by atoms with Crippen LogP contribution in [0.1, 0.15) is 29.9 Å². The molecule has 0 aliphatic carbocycles. The lowest BCUT2D eigenvalue weighted by molar-refractivity contribution is 0.215. The molecule has 0 unspecified atom stereocenters. The van der Waals surface area contributed by atoms with Crippen molar-refractivity contribution in [2.75, 3.05) is 6.54 Å². The van der Waals surface area contributed by atoms with Gasteiger partial charge in [0.1, 0.15) is 0 Å². The molecule has 1 atom stereocenters. The van der Waals surface area contributed by atoms with E-state index < -0.39 is 0 Å². The molecule has 20 heavy (non-hydrogen) atoms. The van der Waals surface area contributed by atoms with Gasteiger partial charge < -0.3 is 0 Å². The van der Waals surface area contributed by atoms with Crippen LogP contribution in [0.15, 0.2) is 30.5 Å². The first-order valence-electron chi connectivity index (χ1n) is 7.37. The first-order chi connectivity index (χ1) is 9.72. The smallest absolute Gasteiger partial charge is 0.0596 e. The number of hydrogen-bond donors (Lipinski definition) is 0. The van der Waals surface area contributed by atoms with Crippen LogP contribution in [0.3, 0.4) is 0 Å². The van der Waals surface area contributed by atoms with Crippen molar-refractivity contribution >= 4 is 0 Å². The van der Waals surface area contributed by atoms with E-state index in [0.29, 0.717) is 6.04 Å². The molecule has 1 fully saturated rings. The summed E-state index contributed by atoms with van der Waals surface area (Å²) in [6.07, 6.45) is 4.41. The quantitative estimate of drug-likeness (QED) is 0.856. The zero-order valence-corrected chi connectivity index (χ0v) is 12.3. The summed E-state index contributed by atoms with van der Waals surface area (Å²) >= 11 is 0. The van der Waals surface area contributed by atoms with Crippen molar-refractivity contribution in [2.45, 2.75) is 45.8 Å². The Morgan fingerprint density at radius 2 is 2.20 bits per heavy atom. The van der Waals surface area contributed by atoms with E-state index in [9.17, 15) is 0 Å². The van der Waals surface area contributed by atoms with Gasteiger partial charge in [0.25, 0.3) is 0 Å². The fraction of sp³-hybridized carbons (Fsp3) is 0.500. The van der Waals surface area contributed by atoms with Crippen LogP contribution >= 0.6 is 0 Å². The van der Waals surface area contributed by atoms with Crippen molar-refractivity contribution < 1.29 is 0 Å². The first-order valence-corrected chi connectivity index (χ1v) is 7.37. The number of pyridine rings is 1. The fourth-order valence-corrected chi connectivity index (χ4v) is 3.07. The normalized spacial score (nSPS) is 19.6. The predicted molar refractivity (Wildman–Crippen MR) is 79.4 cm³/mol. The van der Waals surface area contributed by atoms with Crippen molar-refractivity contribution in [1.82, 2.24) is 19.7 Å². The molecule has 1 aliphatic rings. The fourth-order valence-electron chi connectivity index (χ4n) is 3.07. The van der Waals surface area contributed by atoms with Crippen LogP contribution in [-0.2, 0) is 13.1 Å². The van der Waals surface area contributed by atoms with Crippen molar-refractivity contribution in [3.05, 3.63) is 47.5 Å². The van der Waals surface area contributed by atoms with Crippen molar-refractivity contribution in [3.63, 3.8) is 0 Å². The van der Waals surface area contributed by atoms with Crippen molar-refractivity contribution in [3.8, 4) is 0 Å². The predicted octanol–water partition coefficient (Wildman–Crippen LogP) is 2.56. The molecule has 0 N–H and O–H groups in total. The van der Waals surface area contributed by atoms with Crippen LogP contribution in [0.25, 0.3) is 0 Å². The molecule has 0 amide bonds. The molecule has 4 heteroatoms. The van der Waals surface area contributed by atoms with Gasteiger partial charge in [-0.1, -0.05) is 6.07 Å². The summed E-state index contributed by atoms with van der Waals surface area (Å²) in [6.45, 7) is 7.31. The summed E-state index contributed by atoms with van der Waals surface area (Å²) in [7, 11) is 0. The maximum absolute atomic E-state index is 4.59. The van der Waals surface area contributed by atoms with Gasteiger partial charge in [0, 0.05) is 24.5 Å². The summed E-state index contributed by atoms with van der Waals surface area (Å²) in [5.74, 6) is 0. The van der Waals surface area contributed by atoms with Gasteiger partial charge in [-0.2, -0.15) is 5.10 Å². The molecule has 0 aromatic carbocycles. The van der Waals surface area contributed by atoms with E-state index in [1.54, 1.807) is 0 Å². The number of hydrogen-bond acceptors (Lipinski definition) is 3. The molecule has 2 aromatic rings. The molecule has 0 saturated carbocycles. The number of nitrogens with zero attached hydrogens (tertiary/aromatic N) is 4. The van der Waals surface area contributed by atoms with Crippen LogP contribution < -0.4 is 0 Å². The van der Waals surface area contributed by atoms with Gasteiger partial charge in [-0.25, -0.2) is 0 Å². The Bertz CT molecular complexity index is 561. The maximum atomic E-state index is 4.59. The Morgan fingerprint density at radius 1 is 1.30 bits per heavy atom. The average molecular weight is 270 g/mol. The van der Waals surface area contributed by atoms with Gasteiger partial charge in [0.05, 0.1) is 17.9 Å². The summed E-state index contributed by atoms with van der Waals surface area (Å²) in [6, 6.07) is 8.88. The third kappa shape index (κ3) is 2.90. The Morgan fingerprint density at radius 3 is 2.90 bits per heavy atom. The summed E-state index contributed by atoms with van der Waals surface area (Å²) in [4.78, 5) is 6.98. The van der Waals surface area contributed by atoms with Crippen LogP contribution in [-0.4, -0.2) is 32.3 Å². The topological polar surface area (TPSA) is 34.0 Å². The summed E-state index contributed by atoms with van der Waals surface area (Å²) in [5, 5.41) is 4.59. The minimum absolute atomic E-state index is 0.579. The zero-order chi connectivity index (χ0) is 13.9. The second kappa shape index (κ2) is 5.75. The molecular formula is C16H22N4. The van der Waals surface area contributed by atoms with E-state index in [2.05, 4.69) is 51.7 Å². The highest BCUT2D eigenvalue weighted by atomic mass is 15.3. The molecule has 0 spiro atoms. The lowest BCUT2D eigenvalue weighted by Crippen LogP contribution is -2.33. The molecular weight excluding hydrogens is 248 g/mol. The summed E-state index contributed by atoms with van der Waals surface area (Å²) < 4.78 is 2.15. The average Bonchev–Trinajstić information content (AvgIpc) is 2.99. The molecule has 3 rings (SSSR count). The van der Waals surface area contributed by atoms with E-state index in [-0.39, 0.29) is 0 Å². The highest BCUT2D eigenvalue weighted by Gasteiger charge is 2.25. The first kappa shape index (κ1) is 13.3. The van der Waals surface area contributed by atoms with Crippen LogP contribution in [0.2, 0.25) is 0 Å². The Balaban J connectivity index is 1.68. The molecule has 0 radical (unpaired) electrons. The number of aromatic nitrogens is 3. The highest BCUT2D eigenvalue weighted by molar-refractivity contribution is 5.07. The SMILES string of the molecule is Cc1cc(C)n(C[C@H]2CCCN2Cc2ccccn2)n1. The van der Waals surface area contributed by atoms with Gasteiger partial charge in [0.2, 0.25) is 0 Å². The Kier molecular flexibility index (Phi) is 3.83. The van der Waals surface area contributed by atoms with E-state index in [4.69, 9.17) is 0 Å². The minimum atomic E-state index is 0.579. The van der Waals surface area contributed by atoms with Gasteiger partial charge in [-0.15, -0.1) is 0 Å². The summed E-state index contributed by atoms with van der Waals surface area (Å²) in [5.41, 5.74) is 3.52.